The molecule has 3 aromatic rings. The lowest BCUT2D eigenvalue weighted by Gasteiger charge is -2.10. The molecular weight excluding hydrogens is 387 g/mol. The third-order valence-electron chi connectivity index (χ3n) is 3.50. The molecule has 11 heteroatoms. The van der Waals surface area contributed by atoms with Crippen molar-refractivity contribution in [1.82, 2.24) is 19.5 Å². The van der Waals surface area contributed by atoms with Crippen LogP contribution >= 0.6 is 11.6 Å². The van der Waals surface area contributed by atoms with Gasteiger partial charge in [0, 0.05) is 12.6 Å². The highest BCUT2D eigenvalue weighted by molar-refractivity contribution is 6.33. The van der Waals surface area contributed by atoms with E-state index in [0.717, 1.165) is 12.1 Å². The maximum Gasteiger partial charge on any atom is 0.416 e. The molecule has 3 rings (SSSR count). The van der Waals surface area contributed by atoms with E-state index in [-0.39, 0.29) is 29.9 Å². The summed E-state index contributed by atoms with van der Waals surface area (Å²) in [5.74, 6) is -0.403. The minimum Gasteiger partial charge on any atom is -0.464 e. The fraction of sp³-hybridized carbons (Fsp3) is 0.250. The molecule has 0 amide bonds. The Morgan fingerprint density at radius 1 is 1.33 bits per heavy atom. The number of alkyl halides is 3. The number of anilines is 2. The van der Waals surface area contributed by atoms with Crippen LogP contribution in [0.5, 0.6) is 0 Å². The molecule has 0 fully saturated rings. The van der Waals surface area contributed by atoms with Crippen LogP contribution in [-0.4, -0.2) is 32.1 Å². The number of carbonyl (C=O) groups excluding carboxylic acids is 1. The van der Waals surface area contributed by atoms with Crippen LogP contribution in [0.25, 0.3) is 11.2 Å². The van der Waals surface area contributed by atoms with Crippen molar-refractivity contribution in [3.8, 4) is 0 Å². The van der Waals surface area contributed by atoms with E-state index in [1.807, 2.05) is 0 Å². The zero-order valence-electron chi connectivity index (χ0n) is 13.9. The Morgan fingerprint density at radius 2 is 2.11 bits per heavy atom. The lowest BCUT2D eigenvalue weighted by atomic mass is 10.2. The molecule has 2 heterocycles. The predicted molar refractivity (Wildman–Crippen MR) is 91.7 cm³/mol. The molecule has 0 aliphatic carbocycles. The topological polar surface area (TPSA) is 81.9 Å². The predicted octanol–water partition coefficient (Wildman–Crippen LogP) is 3.81. The maximum absolute atomic E-state index is 12.8. The molecule has 0 bridgehead atoms. The second-order valence-electron chi connectivity index (χ2n) is 5.49. The lowest BCUT2D eigenvalue weighted by molar-refractivity contribution is -0.141. The van der Waals surface area contributed by atoms with Gasteiger partial charge < -0.3 is 14.6 Å². The first-order valence-corrected chi connectivity index (χ1v) is 8.08. The summed E-state index contributed by atoms with van der Waals surface area (Å²) in [5, 5.41) is 2.75. The van der Waals surface area contributed by atoms with Crippen LogP contribution in [0.15, 0.2) is 30.6 Å². The molecule has 27 heavy (non-hydrogen) atoms. The fourth-order valence-electron chi connectivity index (χ4n) is 2.32. The van der Waals surface area contributed by atoms with E-state index in [1.54, 1.807) is 4.57 Å². The van der Waals surface area contributed by atoms with Crippen LogP contribution < -0.4 is 5.32 Å². The molecule has 0 radical (unpaired) electrons. The summed E-state index contributed by atoms with van der Waals surface area (Å²) in [4.78, 5) is 23.2. The van der Waals surface area contributed by atoms with Gasteiger partial charge in [0.05, 0.1) is 18.4 Å². The molecule has 1 aromatic carbocycles. The molecule has 142 valence electrons. The van der Waals surface area contributed by atoms with E-state index < -0.39 is 17.7 Å². The van der Waals surface area contributed by atoms with Crippen molar-refractivity contribution in [1.29, 1.82) is 0 Å². The number of fused-ring (bicyclic) bond motifs is 1. The van der Waals surface area contributed by atoms with Crippen molar-refractivity contribution in [3.63, 3.8) is 0 Å². The molecule has 0 spiro atoms. The summed E-state index contributed by atoms with van der Waals surface area (Å²) >= 11 is 6.10. The average Bonchev–Trinajstić information content (AvgIpc) is 2.98. The van der Waals surface area contributed by atoms with Crippen LogP contribution in [0.1, 0.15) is 12.5 Å². The number of hydrogen-bond acceptors (Lipinski definition) is 6. The van der Waals surface area contributed by atoms with E-state index in [0.29, 0.717) is 11.2 Å². The highest BCUT2D eigenvalue weighted by atomic mass is 35.5. The molecule has 1 N–H and O–H groups in total. The van der Waals surface area contributed by atoms with Crippen LogP contribution in [0.3, 0.4) is 0 Å². The fourth-order valence-corrected chi connectivity index (χ4v) is 2.53. The molecule has 7 nitrogen and oxygen atoms in total. The highest BCUT2D eigenvalue weighted by Crippen LogP contribution is 2.31. The standard InChI is InChI=1S/C16H13ClF3N5O2/c1-9(26)27-6-5-25-8-21-12-13(17)23-15(24-14(12)25)22-11-4-2-3-10(7-11)16(18,19)20/h2-4,7-8H,5-6H2,1H3,(H,22,23,24). The van der Waals surface area contributed by atoms with Gasteiger partial charge in [0.25, 0.3) is 0 Å². The van der Waals surface area contributed by atoms with E-state index in [1.165, 1.54) is 25.4 Å². The van der Waals surface area contributed by atoms with Gasteiger partial charge in [-0.25, -0.2) is 4.98 Å². The molecule has 0 saturated heterocycles. The smallest absolute Gasteiger partial charge is 0.416 e. The molecular formula is C16H13ClF3N5O2. The normalized spacial score (nSPS) is 11.6. The Morgan fingerprint density at radius 3 is 2.81 bits per heavy atom. The monoisotopic (exact) mass is 399 g/mol. The van der Waals surface area contributed by atoms with Crippen molar-refractivity contribution in [2.24, 2.45) is 0 Å². The van der Waals surface area contributed by atoms with Gasteiger partial charge in [0.15, 0.2) is 10.8 Å². The second kappa shape index (κ2) is 7.39. The molecule has 0 aliphatic heterocycles. The first kappa shape index (κ1) is 18.9. The first-order valence-electron chi connectivity index (χ1n) is 7.70. The average molecular weight is 400 g/mol. The van der Waals surface area contributed by atoms with E-state index in [4.69, 9.17) is 16.3 Å². The number of nitrogens with zero attached hydrogens (tertiary/aromatic N) is 4. The second-order valence-corrected chi connectivity index (χ2v) is 5.85. The highest BCUT2D eigenvalue weighted by Gasteiger charge is 2.30. The van der Waals surface area contributed by atoms with Crippen molar-refractivity contribution in [2.75, 3.05) is 11.9 Å². The molecule has 0 aliphatic rings. The van der Waals surface area contributed by atoms with Gasteiger partial charge in [0.2, 0.25) is 5.95 Å². The quantitative estimate of drug-likeness (QED) is 0.519. The van der Waals surface area contributed by atoms with Gasteiger partial charge in [-0.05, 0) is 18.2 Å². The number of hydrogen-bond donors (Lipinski definition) is 1. The molecule has 0 unspecified atom stereocenters. The van der Waals surface area contributed by atoms with E-state index in [2.05, 4.69) is 20.3 Å². The number of aromatic nitrogens is 4. The van der Waals surface area contributed by atoms with E-state index in [9.17, 15) is 18.0 Å². The Labute approximate surface area is 156 Å². The zero-order valence-corrected chi connectivity index (χ0v) is 14.7. The SMILES string of the molecule is CC(=O)OCCn1cnc2c(Cl)nc(Nc3cccc(C(F)(F)F)c3)nc21. The Hall–Kier alpha value is -2.88. The third kappa shape index (κ3) is 4.45. The Balaban J connectivity index is 1.88. The van der Waals surface area contributed by atoms with Crippen molar-refractivity contribution in [2.45, 2.75) is 19.6 Å². The number of carbonyl (C=O) groups is 1. The van der Waals surface area contributed by atoms with Gasteiger partial charge in [0.1, 0.15) is 12.1 Å². The van der Waals surface area contributed by atoms with Crippen molar-refractivity contribution < 1.29 is 22.7 Å². The third-order valence-corrected chi connectivity index (χ3v) is 3.77. The van der Waals surface area contributed by atoms with Crippen LogP contribution in [0.4, 0.5) is 24.8 Å². The summed E-state index contributed by atoms with van der Waals surface area (Å²) in [6.07, 6.45) is -3.00. The first-order chi connectivity index (χ1) is 12.7. The summed E-state index contributed by atoms with van der Waals surface area (Å²) in [7, 11) is 0. The molecule has 0 saturated carbocycles. The number of rotatable bonds is 5. The van der Waals surface area contributed by atoms with E-state index >= 15 is 0 Å². The largest absolute Gasteiger partial charge is 0.464 e. The molecule has 0 atom stereocenters. The van der Waals surface area contributed by atoms with Crippen molar-refractivity contribution >= 4 is 40.4 Å². The number of benzene rings is 1. The Kier molecular flexibility index (Phi) is 5.17. The van der Waals surface area contributed by atoms with Gasteiger partial charge in [-0.3, -0.25) is 4.79 Å². The van der Waals surface area contributed by atoms with Crippen LogP contribution in [0.2, 0.25) is 5.15 Å². The minimum absolute atomic E-state index is 0.0149. The summed E-state index contributed by atoms with van der Waals surface area (Å²) < 4.78 is 45.0. The maximum atomic E-state index is 12.8. The minimum atomic E-state index is -4.46. The van der Waals surface area contributed by atoms with Gasteiger partial charge >= 0.3 is 12.1 Å². The summed E-state index contributed by atoms with van der Waals surface area (Å²) in [5.41, 5.74) is 0.0445. The van der Waals surface area contributed by atoms with Gasteiger partial charge in [-0.1, -0.05) is 17.7 Å². The lowest BCUT2D eigenvalue weighted by Crippen LogP contribution is -2.09. The number of ether oxygens (including phenoxy) is 1. The summed E-state index contributed by atoms with van der Waals surface area (Å²) in [6, 6.07) is 4.63. The number of halogens is 4. The van der Waals surface area contributed by atoms with Crippen molar-refractivity contribution in [3.05, 3.63) is 41.3 Å². The summed E-state index contributed by atoms with van der Waals surface area (Å²) in [6.45, 7) is 1.69. The van der Waals surface area contributed by atoms with Crippen LogP contribution in [-0.2, 0) is 22.3 Å². The number of imidazole rings is 1. The number of nitrogens with one attached hydrogen (secondary N) is 1. The Bertz CT molecular complexity index is 990. The number of esters is 1. The molecule has 2 aromatic heterocycles. The van der Waals surface area contributed by atoms with Crippen LogP contribution in [0, 0.1) is 0 Å². The van der Waals surface area contributed by atoms with Gasteiger partial charge in [-0.2, -0.15) is 23.1 Å². The van der Waals surface area contributed by atoms with Gasteiger partial charge in [-0.15, -0.1) is 0 Å². The zero-order chi connectivity index (χ0) is 19.6.